The van der Waals surface area contributed by atoms with Gasteiger partial charge in [-0.3, -0.25) is 33.6 Å². The summed E-state index contributed by atoms with van der Waals surface area (Å²) in [7, 11) is 5.43. The van der Waals surface area contributed by atoms with E-state index < -0.39 is 135 Å². The highest BCUT2D eigenvalue weighted by Gasteiger charge is 3.01. The van der Waals surface area contributed by atoms with Crippen molar-refractivity contribution in [2.24, 2.45) is 58.2 Å². The van der Waals surface area contributed by atoms with Gasteiger partial charge in [-0.15, -0.1) is 0 Å². The normalized spacial score (nSPS) is 47.8. The molecule has 5 saturated heterocycles. The number of rotatable bonds is 6. The first-order valence-electron chi connectivity index (χ1n) is 16.3. The van der Waals surface area contributed by atoms with E-state index in [9.17, 15) is 24.0 Å². The van der Waals surface area contributed by atoms with E-state index >= 15 is 9.59 Å². The van der Waals surface area contributed by atoms with E-state index in [1.54, 1.807) is 0 Å². The number of amides is 2. The third kappa shape index (κ3) is 2.57. The van der Waals surface area contributed by atoms with E-state index in [2.05, 4.69) is 0 Å². The second kappa shape index (κ2) is 8.76. The quantitative estimate of drug-likeness (QED) is 0.120. The maximum absolute atomic E-state index is 15.4. The highest BCUT2D eigenvalue weighted by atomic mass is 16.7. The largest absolute Gasteiger partial charge is 0.427 e. The SMILES string of the molecule is COC1(OC)[C@@H]2C(=O)C(=O)[C@H]1[C@@H]1[C@H]2[C@@H]2O[C@H]1C13C(=O)N(c4ccc(OC(C)=O)cc4)C(=O)C21[C@@H]1O[C@H]3[C@@H]2[C@H]1[C@@H]1C(=O)C(=O)[C@H]2C1(OC)OC. The molecule has 0 aromatic heterocycles. The molecular weight excluding hydrogens is 646 g/mol. The summed E-state index contributed by atoms with van der Waals surface area (Å²) in [4.78, 5) is 97.8. The third-order valence-electron chi connectivity index (χ3n) is 14.0. The number of benzene rings is 1. The van der Waals surface area contributed by atoms with E-state index in [0.29, 0.717) is 0 Å². The highest BCUT2D eigenvalue weighted by molar-refractivity contribution is 6.43. The van der Waals surface area contributed by atoms with E-state index in [4.69, 9.17) is 33.2 Å². The molecular formula is C34H31NO14. The number of ether oxygens (including phenoxy) is 7. The van der Waals surface area contributed by atoms with Crippen LogP contribution in [-0.2, 0) is 62.0 Å². The van der Waals surface area contributed by atoms with Crippen molar-refractivity contribution in [3.8, 4) is 5.75 Å². The molecule has 256 valence electrons. The van der Waals surface area contributed by atoms with Gasteiger partial charge >= 0.3 is 5.97 Å². The summed E-state index contributed by atoms with van der Waals surface area (Å²) in [6, 6.07) is 5.89. The second-order valence-electron chi connectivity index (χ2n) is 14.7. The first-order chi connectivity index (χ1) is 23.4. The number of carbonyl (C=O) groups excluding carboxylic acids is 7. The molecule has 15 nitrogen and oxygen atoms in total. The predicted octanol–water partition coefficient (Wildman–Crippen LogP) is -0.741. The zero-order valence-electron chi connectivity index (χ0n) is 26.9. The van der Waals surface area contributed by atoms with Gasteiger partial charge < -0.3 is 33.2 Å². The molecule has 0 spiro atoms. The van der Waals surface area contributed by atoms with Crippen LogP contribution in [0.5, 0.6) is 5.75 Å². The molecule has 5 heterocycles. The molecule has 2 unspecified atom stereocenters. The fourth-order valence-electron chi connectivity index (χ4n) is 13.0. The van der Waals surface area contributed by atoms with Gasteiger partial charge in [-0.2, -0.15) is 0 Å². The van der Waals surface area contributed by atoms with Crippen LogP contribution in [0.2, 0.25) is 0 Å². The van der Waals surface area contributed by atoms with Crippen molar-refractivity contribution in [1.82, 2.24) is 0 Å². The molecule has 4 aliphatic carbocycles. The summed E-state index contributed by atoms with van der Waals surface area (Å²) in [5.41, 5.74) is -3.30. The minimum atomic E-state index is -1.75. The van der Waals surface area contributed by atoms with Crippen LogP contribution in [0.1, 0.15) is 6.92 Å². The van der Waals surface area contributed by atoms with Gasteiger partial charge in [0, 0.05) is 59.0 Å². The molecule has 0 N–H and O–H groups in total. The van der Waals surface area contributed by atoms with Gasteiger partial charge in [-0.25, -0.2) is 4.90 Å². The van der Waals surface area contributed by atoms with E-state index in [1.807, 2.05) is 0 Å². The Bertz CT molecular complexity index is 1680. The fourth-order valence-corrected chi connectivity index (χ4v) is 13.0. The Morgan fingerprint density at radius 1 is 0.592 bits per heavy atom. The highest BCUT2D eigenvalue weighted by Crippen LogP contribution is 2.85. The lowest BCUT2D eigenvalue weighted by molar-refractivity contribution is -0.246. The van der Waals surface area contributed by atoms with Gasteiger partial charge in [-0.05, 0) is 24.3 Å². The van der Waals surface area contributed by atoms with Gasteiger partial charge in [0.25, 0.3) is 0 Å². The lowest BCUT2D eigenvalue weighted by Crippen LogP contribution is -2.69. The predicted molar refractivity (Wildman–Crippen MR) is 154 cm³/mol. The molecule has 1 aromatic carbocycles. The monoisotopic (exact) mass is 677 g/mol. The maximum atomic E-state index is 15.4. The van der Waals surface area contributed by atoms with E-state index in [-0.39, 0.29) is 11.4 Å². The maximum Gasteiger partial charge on any atom is 0.308 e. The standard InChI is InChI=1S/C34H31NO14/c1-10(36)47-12-8-6-11(7-9-12)35-29(41)31-25-13-14(18-22(38)21(37)17(13)33(18,43-2)44-3)26(48-25)32(31,30(35)42)28-16-15(27(31)49-28)19-23(39)24(40)20(16)34(19,45-4)46-5/h6-9,13-20,25-28H,1-5H3/t13-,14+,15+,16-,17+,18-,19-,20+,25+,26-,27-,28+,31?,32?. The number of imide groups is 1. The summed E-state index contributed by atoms with van der Waals surface area (Å²) in [6.45, 7) is 1.25. The van der Waals surface area contributed by atoms with Crippen molar-refractivity contribution in [1.29, 1.82) is 0 Å². The van der Waals surface area contributed by atoms with Crippen molar-refractivity contribution in [3.05, 3.63) is 24.3 Å². The number of hydrogen-bond acceptors (Lipinski definition) is 14. The van der Waals surface area contributed by atoms with Crippen LogP contribution in [0.25, 0.3) is 0 Å². The fraction of sp³-hybridized carbons (Fsp3) is 0.618. The van der Waals surface area contributed by atoms with Crippen molar-refractivity contribution < 1.29 is 66.7 Å². The Morgan fingerprint density at radius 3 is 1.20 bits per heavy atom. The molecule has 14 atom stereocenters. The number of methoxy groups -OCH3 is 4. The van der Waals surface area contributed by atoms with Crippen molar-refractivity contribution >= 4 is 46.6 Å². The number of carbonyl (C=O) groups is 7. The van der Waals surface area contributed by atoms with Gasteiger partial charge in [0.05, 0.1) is 53.8 Å². The first-order valence-corrected chi connectivity index (χ1v) is 16.3. The van der Waals surface area contributed by atoms with Crippen LogP contribution in [0, 0.1) is 58.2 Å². The zero-order valence-corrected chi connectivity index (χ0v) is 26.9. The van der Waals surface area contributed by atoms with Crippen LogP contribution >= 0.6 is 0 Å². The lowest BCUT2D eigenvalue weighted by atomic mass is 9.42. The lowest BCUT2D eigenvalue weighted by Gasteiger charge is -2.52. The molecule has 9 fully saturated rings. The Labute approximate surface area is 277 Å². The number of anilines is 1. The van der Waals surface area contributed by atoms with Gasteiger partial charge in [0.15, 0.2) is 11.6 Å². The zero-order chi connectivity index (χ0) is 34.5. The summed E-state index contributed by atoms with van der Waals surface area (Å²) in [6.07, 6.45) is -4.44. The molecule has 1 aromatic rings. The van der Waals surface area contributed by atoms with Gasteiger partial charge in [0.2, 0.25) is 34.9 Å². The third-order valence-corrected chi connectivity index (χ3v) is 14.0. The van der Waals surface area contributed by atoms with E-state index in [1.165, 1.54) is 59.6 Å². The molecule has 49 heavy (non-hydrogen) atoms. The molecule has 8 bridgehead atoms. The van der Waals surface area contributed by atoms with Crippen LogP contribution in [0.4, 0.5) is 5.69 Å². The Morgan fingerprint density at radius 2 is 0.918 bits per heavy atom. The average molecular weight is 678 g/mol. The van der Waals surface area contributed by atoms with E-state index in [0.717, 1.165) is 4.90 Å². The van der Waals surface area contributed by atoms with Crippen LogP contribution < -0.4 is 9.64 Å². The van der Waals surface area contributed by atoms with Crippen LogP contribution in [-0.4, -0.2) is 105 Å². The first kappa shape index (κ1) is 30.1. The number of ketones is 4. The molecule has 2 amide bonds. The minimum Gasteiger partial charge on any atom is -0.427 e. The Kier molecular flexibility index (Phi) is 5.39. The van der Waals surface area contributed by atoms with Crippen molar-refractivity contribution in [2.75, 3.05) is 33.3 Å². The second-order valence-corrected chi connectivity index (χ2v) is 14.7. The smallest absolute Gasteiger partial charge is 0.308 e. The Balaban J connectivity index is 1.20. The molecule has 0 radical (unpaired) electrons. The molecule has 4 saturated carbocycles. The summed E-state index contributed by atoms with van der Waals surface area (Å²) in [5, 5.41) is 0. The van der Waals surface area contributed by atoms with Gasteiger partial charge in [-0.1, -0.05) is 0 Å². The number of nitrogens with zero attached hydrogens (tertiary/aromatic N) is 1. The summed E-state index contributed by atoms with van der Waals surface area (Å²) in [5.74, 6) is -15.2. The molecule has 5 aliphatic heterocycles. The van der Waals surface area contributed by atoms with Crippen LogP contribution in [0.3, 0.4) is 0 Å². The molecule has 10 rings (SSSR count). The molecule has 9 aliphatic rings. The summed E-state index contributed by atoms with van der Waals surface area (Å²) < 4.78 is 42.0. The number of Topliss-reactive ketones (excluding diaryl/α,β-unsaturated/α-hetero) is 4. The Hall–Kier alpha value is -3.73. The number of hydrogen-bond donors (Lipinski definition) is 0. The van der Waals surface area contributed by atoms with Crippen molar-refractivity contribution in [2.45, 2.75) is 42.9 Å². The average Bonchev–Trinajstić information content (AvgIpc) is 3.94. The minimum absolute atomic E-state index is 0.201. The topological polar surface area (TPSA) is 187 Å². The van der Waals surface area contributed by atoms with Gasteiger partial charge in [0.1, 0.15) is 16.6 Å². The summed E-state index contributed by atoms with van der Waals surface area (Å²) >= 11 is 0. The van der Waals surface area contributed by atoms with Crippen molar-refractivity contribution in [3.63, 3.8) is 0 Å². The molecule has 15 heteroatoms. The van der Waals surface area contributed by atoms with Crippen LogP contribution in [0.15, 0.2) is 24.3 Å². The number of fused-ring (bicyclic) bond motifs is 18. The number of esters is 1.